The quantitative estimate of drug-likeness (QED) is 0.483. The lowest BCUT2D eigenvalue weighted by Crippen LogP contribution is -2.44. The molecule has 1 aliphatic heterocycles. The Labute approximate surface area is 129 Å². The largest absolute Gasteiger partial charge is 0.462 e. The van der Waals surface area contributed by atoms with Crippen molar-refractivity contribution in [2.75, 3.05) is 37.7 Å². The first-order valence-electron chi connectivity index (χ1n) is 7.17. The van der Waals surface area contributed by atoms with Crippen molar-refractivity contribution in [1.29, 1.82) is 5.26 Å². The summed E-state index contributed by atoms with van der Waals surface area (Å²) in [6.45, 7) is 4.79. The second kappa shape index (κ2) is 7.46. The number of carbonyl (C=O) groups is 1. The minimum atomic E-state index is -0.592. The summed E-state index contributed by atoms with van der Waals surface area (Å²) < 4.78 is 17.8. The molecule has 0 aromatic heterocycles. The van der Waals surface area contributed by atoms with E-state index in [1.165, 1.54) is 12.1 Å². The summed E-state index contributed by atoms with van der Waals surface area (Å²) in [6, 6.07) is 8.25. The molecule has 1 saturated heterocycles. The summed E-state index contributed by atoms with van der Waals surface area (Å²) in [5.74, 6) is -0.843. The average molecular weight is 303 g/mol. The van der Waals surface area contributed by atoms with Crippen LogP contribution in [0.5, 0.6) is 0 Å². The summed E-state index contributed by atoms with van der Waals surface area (Å²) in [6.07, 6.45) is 1.56. The lowest BCUT2D eigenvalue weighted by Gasteiger charge is -2.35. The molecule has 0 amide bonds. The summed E-state index contributed by atoms with van der Waals surface area (Å²) in [4.78, 5) is 15.6. The van der Waals surface area contributed by atoms with Crippen molar-refractivity contribution in [3.8, 4) is 6.07 Å². The molecule has 1 heterocycles. The van der Waals surface area contributed by atoms with E-state index in [0.29, 0.717) is 13.1 Å². The Morgan fingerprint density at radius 1 is 1.32 bits per heavy atom. The van der Waals surface area contributed by atoms with Crippen LogP contribution in [0.4, 0.5) is 10.1 Å². The van der Waals surface area contributed by atoms with Crippen molar-refractivity contribution in [2.24, 2.45) is 0 Å². The first-order valence-corrected chi connectivity index (χ1v) is 7.17. The van der Waals surface area contributed by atoms with Gasteiger partial charge in [0.05, 0.1) is 6.61 Å². The van der Waals surface area contributed by atoms with Gasteiger partial charge in [0.15, 0.2) is 5.57 Å². The Balaban J connectivity index is 1.95. The van der Waals surface area contributed by atoms with Crippen molar-refractivity contribution >= 4 is 11.7 Å². The van der Waals surface area contributed by atoms with Crippen LogP contribution in [0.25, 0.3) is 0 Å². The molecule has 1 aliphatic rings. The van der Waals surface area contributed by atoms with Crippen LogP contribution in [0.1, 0.15) is 6.92 Å². The third-order valence-electron chi connectivity index (χ3n) is 3.43. The van der Waals surface area contributed by atoms with E-state index in [2.05, 4.69) is 4.90 Å². The normalized spacial score (nSPS) is 15.4. The fourth-order valence-corrected chi connectivity index (χ4v) is 2.28. The number of rotatable bonds is 4. The number of benzene rings is 1. The smallest absolute Gasteiger partial charge is 0.350 e. The number of ether oxygens (including phenoxy) is 1. The lowest BCUT2D eigenvalue weighted by molar-refractivity contribution is -0.138. The molecule has 0 unspecified atom stereocenters. The van der Waals surface area contributed by atoms with Gasteiger partial charge in [0.25, 0.3) is 0 Å². The molecule has 1 fully saturated rings. The highest BCUT2D eigenvalue weighted by molar-refractivity contribution is 5.92. The molecule has 6 heteroatoms. The minimum Gasteiger partial charge on any atom is -0.462 e. The molecule has 0 bridgehead atoms. The molecular formula is C16H18FN3O2. The molecule has 0 N–H and O–H groups in total. The van der Waals surface area contributed by atoms with Crippen molar-refractivity contribution in [2.45, 2.75) is 6.92 Å². The highest BCUT2D eigenvalue weighted by Gasteiger charge is 2.18. The van der Waals surface area contributed by atoms with Gasteiger partial charge >= 0.3 is 5.97 Å². The van der Waals surface area contributed by atoms with Gasteiger partial charge in [-0.3, -0.25) is 0 Å². The van der Waals surface area contributed by atoms with Crippen LogP contribution in [0, 0.1) is 17.1 Å². The Hall–Kier alpha value is -2.55. The van der Waals surface area contributed by atoms with E-state index in [1.807, 2.05) is 11.0 Å². The maximum absolute atomic E-state index is 12.9. The summed E-state index contributed by atoms with van der Waals surface area (Å²) in [5.41, 5.74) is 0.980. The second-order valence-corrected chi connectivity index (χ2v) is 4.87. The number of piperazine rings is 1. The van der Waals surface area contributed by atoms with E-state index in [-0.39, 0.29) is 18.0 Å². The van der Waals surface area contributed by atoms with Crippen LogP contribution >= 0.6 is 0 Å². The van der Waals surface area contributed by atoms with Crippen molar-refractivity contribution in [3.05, 3.63) is 41.9 Å². The number of hydrogen-bond donors (Lipinski definition) is 0. The lowest BCUT2D eigenvalue weighted by atomic mass is 10.2. The van der Waals surface area contributed by atoms with Crippen LogP contribution in [-0.2, 0) is 9.53 Å². The number of nitriles is 1. The summed E-state index contributed by atoms with van der Waals surface area (Å²) in [5, 5.41) is 9.02. The Bertz CT molecular complexity index is 584. The van der Waals surface area contributed by atoms with E-state index in [0.717, 1.165) is 18.8 Å². The van der Waals surface area contributed by atoms with Gasteiger partial charge in [-0.25, -0.2) is 9.18 Å². The fraction of sp³-hybridized carbons (Fsp3) is 0.375. The molecule has 0 atom stereocenters. The van der Waals surface area contributed by atoms with Gasteiger partial charge in [0, 0.05) is 38.1 Å². The predicted octanol–water partition coefficient (Wildman–Crippen LogP) is 1.92. The van der Waals surface area contributed by atoms with Crippen LogP contribution in [-0.4, -0.2) is 43.7 Å². The van der Waals surface area contributed by atoms with Crippen molar-refractivity contribution in [3.63, 3.8) is 0 Å². The van der Waals surface area contributed by atoms with Gasteiger partial charge in [-0.2, -0.15) is 5.26 Å². The number of halogens is 1. The minimum absolute atomic E-state index is 0.0112. The zero-order valence-corrected chi connectivity index (χ0v) is 12.5. The van der Waals surface area contributed by atoms with Gasteiger partial charge in [-0.1, -0.05) is 0 Å². The molecular weight excluding hydrogens is 285 g/mol. The van der Waals surface area contributed by atoms with E-state index >= 15 is 0 Å². The standard InChI is InChI=1S/C16H18FN3O2/c1-2-22-16(21)13(11-18)12-19-7-9-20(10-8-19)15-5-3-14(17)4-6-15/h3-6,12H,2,7-10H2,1H3. The van der Waals surface area contributed by atoms with E-state index in [1.54, 1.807) is 25.3 Å². The highest BCUT2D eigenvalue weighted by atomic mass is 19.1. The van der Waals surface area contributed by atoms with Gasteiger partial charge in [0.2, 0.25) is 0 Å². The summed E-state index contributed by atoms with van der Waals surface area (Å²) in [7, 11) is 0. The number of esters is 1. The molecule has 1 aromatic carbocycles. The van der Waals surface area contributed by atoms with Crippen LogP contribution in [0.15, 0.2) is 36.0 Å². The van der Waals surface area contributed by atoms with E-state index in [4.69, 9.17) is 10.00 Å². The van der Waals surface area contributed by atoms with Crippen molar-refractivity contribution < 1.29 is 13.9 Å². The maximum Gasteiger partial charge on any atom is 0.350 e. The van der Waals surface area contributed by atoms with Crippen LogP contribution in [0.3, 0.4) is 0 Å². The number of nitrogens with zero attached hydrogens (tertiary/aromatic N) is 3. The van der Waals surface area contributed by atoms with Crippen molar-refractivity contribution in [1.82, 2.24) is 4.90 Å². The average Bonchev–Trinajstić information content (AvgIpc) is 2.54. The molecule has 0 spiro atoms. The Morgan fingerprint density at radius 2 is 1.95 bits per heavy atom. The Kier molecular flexibility index (Phi) is 5.37. The first-order chi connectivity index (χ1) is 10.6. The van der Waals surface area contributed by atoms with Crippen LogP contribution in [0.2, 0.25) is 0 Å². The molecule has 0 aliphatic carbocycles. The first kappa shape index (κ1) is 15.8. The van der Waals surface area contributed by atoms with E-state index in [9.17, 15) is 9.18 Å². The Morgan fingerprint density at radius 3 is 2.50 bits per heavy atom. The molecule has 1 aromatic rings. The number of carbonyl (C=O) groups excluding carboxylic acids is 1. The summed E-state index contributed by atoms with van der Waals surface area (Å²) >= 11 is 0. The molecule has 2 rings (SSSR count). The van der Waals surface area contributed by atoms with E-state index < -0.39 is 5.97 Å². The topological polar surface area (TPSA) is 56.6 Å². The predicted molar refractivity (Wildman–Crippen MR) is 80.5 cm³/mol. The van der Waals surface area contributed by atoms with Crippen LogP contribution < -0.4 is 4.90 Å². The number of anilines is 1. The number of hydrogen-bond acceptors (Lipinski definition) is 5. The zero-order chi connectivity index (χ0) is 15.9. The second-order valence-electron chi connectivity index (χ2n) is 4.87. The molecule has 0 saturated carbocycles. The maximum atomic E-state index is 12.9. The zero-order valence-electron chi connectivity index (χ0n) is 12.5. The highest BCUT2D eigenvalue weighted by Crippen LogP contribution is 2.17. The molecule has 22 heavy (non-hydrogen) atoms. The van der Waals surface area contributed by atoms with Gasteiger partial charge in [-0.15, -0.1) is 0 Å². The van der Waals surface area contributed by atoms with Gasteiger partial charge in [0.1, 0.15) is 11.9 Å². The van der Waals surface area contributed by atoms with Gasteiger partial charge in [-0.05, 0) is 31.2 Å². The monoisotopic (exact) mass is 303 g/mol. The van der Waals surface area contributed by atoms with Gasteiger partial charge < -0.3 is 14.5 Å². The SMILES string of the molecule is CCOC(=O)C(C#N)=CN1CCN(c2ccc(F)cc2)CC1. The molecule has 0 radical (unpaired) electrons. The third kappa shape index (κ3) is 3.98. The fourth-order valence-electron chi connectivity index (χ4n) is 2.28. The molecule has 5 nitrogen and oxygen atoms in total. The molecule has 116 valence electrons. The third-order valence-corrected chi connectivity index (χ3v) is 3.43.